The summed E-state index contributed by atoms with van der Waals surface area (Å²) in [7, 11) is 0. The molecule has 0 unspecified atom stereocenters. The molecule has 0 rings (SSSR count). The van der Waals surface area contributed by atoms with Crippen molar-refractivity contribution in [3.63, 3.8) is 0 Å². The Morgan fingerprint density at radius 1 is 1.71 bits per heavy atom. The van der Waals surface area contributed by atoms with Gasteiger partial charge in [0, 0.05) is 0 Å². The Labute approximate surface area is 52.2 Å². The van der Waals surface area contributed by atoms with E-state index >= 15 is 0 Å². The molecule has 0 aromatic rings. The Kier molecular flexibility index (Phi) is 5.71. The monoisotopic (exact) mass is 162 g/mol. The van der Waals surface area contributed by atoms with Crippen LogP contribution in [0.3, 0.4) is 0 Å². The summed E-state index contributed by atoms with van der Waals surface area (Å²) in [6.07, 6.45) is 2.49. The Bertz CT molecular complexity index is 79.8. The van der Waals surface area contributed by atoms with E-state index in [9.17, 15) is 0 Å². The fourth-order valence-electron chi connectivity index (χ4n) is 0.150. The molecule has 0 aromatic carbocycles. The SMILES string of the molecule is CCOC#CCBr. The van der Waals surface area contributed by atoms with Gasteiger partial charge in [0.05, 0.1) is 11.9 Å². The van der Waals surface area contributed by atoms with Crippen LogP contribution in [-0.4, -0.2) is 11.9 Å². The summed E-state index contributed by atoms with van der Waals surface area (Å²) >= 11 is 3.13. The summed E-state index contributed by atoms with van der Waals surface area (Å²) in [5.74, 6) is 2.69. The van der Waals surface area contributed by atoms with E-state index in [2.05, 4.69) is 32.7 Å². The van der Waals surface area contributed by atoms with Crippen LogP contribution >= 0.6 is 15.9 Å². The van der Waals surface area contributed by atoms with Crippen LogP contribution < -0.4 is 0 Å². The Morgan fingerprint density at radius 2 is 2.43 bits per heavy atom. The third-order valence-corrected chi connectivity index (χ3v) is 0.636. The van der Waals surface area contributed by atoms with Crippen molar-refractivity contribution in [2.75, 3.05) is 11.9 Å². The molecule has 0 spiro atoms. The van der Waals surface area contributed by atoms with E-state index in [0.717, 1.165) is 0 Å². The third-order valence-electron chi connectivity index (χ3n) is 0.355. The quantitative estimate of drug-likeness (QED) is 0.419. The second-order valence-corrected chi connectivity index (χ2v) is 1.41. The number of hydrogen-bond acceptors (Lipinski definition) is 1. The van der Waals surface area contributed by atoms with Gasteiger partial charge in [0.25, 0.3) is 0 Å². The first-order chi connectivity index (χ1) is 3.41. The van der Waals surface area contributed by atoms with Gasteiger partial charge >= 0.3 is 0 Å². The van der Waals surface area contributed by atoms with Gasteiger partial charge in [0.1, 0.15) is 6.11 Å². The molecule has 2 heteroatoms. The standard InChI is InChI=1S/C5H7BrO/c1-2-7-5-3-4-6/h2,4H2,1H3. The van der Waals surface area contributed by atoms with Crippen molar-refractivity contribution in [3.05, 3.63) is 0 Å². The number of alkyl halides is 1. The number of hydrogen-bond donors (Lipinski definition) is 0. The average molecular weight is 163 g/mol. The molecule has 7 heavy (non-hydrogen) atoms. The molecular formula is C5H7BrO. The molecule has 0 fully saturated rings. The highest BCUT2D eigenvalue weighted by molar-refractivity contribution is 9.09. The van der Waals surface area contributed by atoms with E-state index in [0.29, 0.717) is 11.9 Å². The fourth-order valence-corrected chi connectivity index (χ4v) is 0.265. The van der Waals surface area contributed by atoms with Gasteiger partial charge in [-0.05, 0) is 12.8 Å². The molecule has 0 amide bonds. The molecule has 0 aliphatic heterocycles. The van der Waals surface area contributed by atoms with Crippen LogP contribution in [0.2, 0.25) is 0 Å². The van der Waals surface area contributed by atoms with Crippen LogP contribution in [0.15, 0.2) is 0 Å². The average Bonchev–Trinajstić information content (AvgIpc) is 1.69. The van der Waals surface area contributed by atoms with Crippen molar-refractivity contribution in [2.45, 2.75) is 6.92 Å². The van der Waals surface area contributed by atoms with Crippen molar-refractivity contribution < 1.29 is 4.74 Å². The lowest BCUT2D eigenvalue weighted by Crippen LogP contribution is -1.76. The zero-order valence-electron chi connectivity index (χ0n) is 4.20. The number of ether oxygens (including phenoxy) is 1. The summed E-state index contributed by atoms with van der Waals surface area (Å²) in [6, 6.07) is 0. The van der Waals surface area contributed by atoms with Gasteiger partial charge < -0.3 is 4.74 Å². The molecule has 0 radical (unpaired) electrons. The van der Waals surface area contributed by atoms with Gasteiger partial charge in [0.15, 0.2) is 0 Å². The minimum atomic E-state index is 0.667. The van der Waals surface area contributed by atoms with Crippen molar-refractivity contribution in [2.24, 2.45) is 0 Å². The first kappa shape index (κ1) is 6.84. The van der Waals surface area contributed by atoms with Crippen LogP contribution in [0.1, 0.15) is 6.92 Å². The topological polar surface area (TPSA) is 9.23 Å². The predicted molar refractivity (Wildman–Crippen MR) is 33.2 cm³/mol. The molecule has 0 atom stereocenters. The minimum absolute atomic E-state index is 0.667. The Balaban J connectivity index is 2.91. The lowest BCUT2D eigenvalue weighted by Gasteiger charge is -1.81. The normalized spacial score (nSPS) is 6.57. The van der Waals surface area contributed by atoms with Gasteiger partial charge in [-0.3, -0.25) is 0 Å². The van der Waals surface area contributed by atoms with Gasteiger partial charge in [-0.15, -0.1) is 0 Å². The van der Waals surface area contributed by atoms with Gasteiger partial charge in [-0.25, -0.2) is 0 Å². The van der Waals surface area contributed by atoms with Crippen molar-refractivity contribution in [1.29, 1.82) is 0 Å². The molecule has 0 saturated carbocycles. The predicted octanol–water partition coefficient (Wildman–Crippen LogP) is 1.38. The minimum Gasteiger partial charge on any atom is -0.447 e. The Morgan fingerprint density at radius 3 is 2.86 bits per heavy atom. The molecule has 0 saturated heterocycles. The third kappa shape index (κ3) is 5.84. The maximum Gasteiger partial charge on any atom is 0.110 e. The molecule has 0 heterocycles. The van der Waals surface area contributed by atoms with E-state index in [1.165, 1.54) is 0 Å². The lowest BCUT2D eigenvalue weighted by atomic mass is 10.8. The van der Waals surface area contributed by atoms with Crippen LogP contribution in [0.25, 0.3) is 0 Å². The molecule has 0 N–H and O–H groups in total. The molecular weight excluding hydrogens is 156 g/mol. The molecule has 40 valence electrons. The second kappa shape index (κ2) is 5.84. The highest BCUT2D eigenvalue weighted by Gasteiger charge is 1.63. The van der Waals surface area contributed by atoms with Crippen LogP contribution in [0.4, 0.5) is 0 Å². The first-order valence-corrected chi connectivity index (χ1v) is 3.19. The maximum absolute atomic E-state index is 4.68. The molecule has 1 nitrogen and oxygen atoms in total. The summed E-state index contributed by atoms with van der Waals surface area (Å²) in [4.78, 5) is 0. The zero-order chi connectivity index (χ0) is 5.54. The molecule has 0 bridgehead atoms. The van der Waals surface area contributed by atoms with Crippen LogP contribution in [0.5, 0.6) is 0 Å². The van der Waals surface area contributed by atoms with Crippen LogP contribution in [-0.2, 0) is 4.74 Å². The summed E-state index contributed by atoms with van der Waals surface area (Å²) in [5.41, 5.74) is 0. The summed E-state index contributed by atoms with van der Waals surface area (Å²) < 4.78 is 4.68. The van der Waals surface area contributed by atoms with Crippen molar-refractivity contribution in [3.8, 4) is 12.0 Å². The van der Waals surface area contributed by atoms with Crippen LogP contribution in [0, 0.1) is 12.0 Å². The van der Waals surface area contributed by atoms with E-state index in [1.807, 2.05) is 6.92 Å². The largest absolute Gasteiger partial charge is 0.447 e. The summed E-state index contributed by atoms with van der Waals surface area (Å²) in [6.45, 7) is 2.57. The van der Waals surface area contributed by atoms with Crippen molar-refractivity contribution in [1.82, 2.24) is 0 Å². The van der Waals surface area contributed by atoms with Gasteiger partial charge in [-0.2, -0.15) is 0 Å². The molecule has 0 aliphatic carbocycles. The number of halogens is 1. The smallest absolute Gasteiger partial charge is 0.110 e. The van der Waals surface area contributed by atoms with E-state index < -0.39 is 0 Å². The maximum atomic E-state index is 4.68. The second-order valence-electron chi connectivity index (χ2n) is 0.845. The first-order valence-electron chi connectivity index (χ1n) is 2.07. The molecule has 0 aromatic heterocycles. The Hall–Kier alpha value is -0.160. The highest BCUT2D eigenvalue weighted by Crippen LogP contribution is 1.73. The lowest BCUT2D eigenvalue weighted by molar-refractivity contribution is 0.299. The number of rotatable bonds is 1. The van der Waals surface area contributed by atoms with Gasteiger partial charge in [0.2, 0.25) is 0 Å². The van der Waals surface area contributed by atoms with E-state index in [1.54, 1.807) is 0 Å². The zero-order valence-corrected chi connectivity index (χ0v) is 5.79. The van der Waals surface area contributed by atoms with E-state index in [-0.39, 0.29) is 0 Å². The summed E-state index contributed by atoms with van der Waals surface area (Å²) in [5, 5.41) is 0.688. The van der Waals surface area contributed by atoms with E-state index in [4.69, 9.17) is 0 Å². The fraction of sp³-hybridized carbons (Fsp3) is 0.600. The van der Waals surface area contributed by atoms with Gasteiger partial charge in [-0.1, -0.05) is 15.9 Å². The molecule has 0 aliphatic rings. The highest BCUT2D eigenvalue weighted by atomic mass is 79.9. The van der Waals surface area contributed by atoms with Crippen molar-refractivity contribution >= 4 is 15.9 Å².